The van der Waals surface area contributed by atoms with E-state index in [4.69, 9.17) is 9.47 Å². The standard InChI is InChI=1S/C22H23BrN2O5S/c1-13-17-19(27)25(22(9-10-22)12-16(26)30-3)21(28)24(20(17)31-18(13)23)11-8-14-6-4-5-7-15(14)29-2/h4-7H,8-12H2,1-3H3. The predicted molar refractivity (Wildman–Crippen MR) is 123 cm³/mol. The number of para-hydroxylation sites is 1. The Bertz CT molecular complexity index is 1290. The number of hydrogen-bond donors (Lipinski definition) is 0. The maximum absolute atomic E-state index is 13.6. The number of aryl methyl sites for hydroxylation is 3. The van der Waals surface area contributed by atoms with Crippen LogP contribution in [0.25, 0.3) is 10.2 Å². The minimum Gasteiger partial charge on any atom is -0.496 e. The van der Waals surface area contributed by atoms with Crippen molar-refractivity contribution in [3.8, 4) is 5.75 Å². The first-order chi connectivity index (χ1) is 14.8. The molecule has 1 aliphatic carbocycles. The van der Waals surface area contributed by atoms with E-state index >= 15 is 0 Å². The van der Waals surface area contributed by atoms with Gasteiger partial charge in [0.15, 0.2) is 0 Å². The summed E-state index contributed by atoms with van der Waals surface area (Å²) in [4.78, 5) is 39.7. The summed E-state index contributed by atoms with van der Waals surface area (Å²) in [6.45, 7) is 2.25. The Labute approximate surface area is 191 Å². The molecule has 164 valence electrons. The first-order valence-electron chi connectivity index (χ1n) is 9.96. The molecule has 0 aliphatic heterocycles. The van der Waals surface area contributed by atoms with Gasteiger partial charge < -0.3 is 9.47 Å². The summed E-state index contributed by atoms with van der Waals surface area (Å²) in [5, 5.41) is 0.521. The molecule has 0 radical (unpaired) electrons. The first kappa shape index (κ1) is 21.8. The molecule has 1 saturated carbocycles. The van der Waals surface area contributed by atoms with Crippen LogP contribution in [0.15, 0.2) is 37.6 Å². The highest BCUT2D eigenvalue weighted by molar-refractivity contribution is 9.11. The highest BCUT2D eigenvalue weighted by Gasteiger charge is 2.49. The second-order valence-corrected chi connectivity index (χ2v) is 10.1. The largest absolute Gasteiger partial charge is 0.496 e. The first-order valence-corrected chi connectivity index (χ1v) is 11.6. The molecule has 9 heteroatoms. The summed E-state index contributed by atoms with van der Waals surface area (Å²) in [7, 11) is 2.93. The third-order valence-electron chi connectivity index (χ3n) is 5.95. The van der Waals surface area contributed by atoms with E-state index in [2.05, 4.69) is 15.9 Å². The zero-order valence-electron chi connectivity index (χ0n) is 17.6. The van der Waals surface area contributed by atoms with E-state index in [9.17, 15) is 14.4 Å². The van der Waals surface area contributed by atoms with Crippen molar-refractivity contribution in [2.45, 2.75) is 44.7 Å². The van der Waals surface area contributed by atoms with Gasteiger partial charge in [0.05, 0.1) is 35.4 Å². The van der Waals surface area contributed by atoms with Crippen LogP contribution in [0.4, 0.5) is 0 Å². The molecule has 4 rings (SSSR count). The van der Waals surface area contributed by atoms with Crippen LogP contribution in [0.3, 0.4) is 0 Å². The Balaban J connectivity index is 1.87. The lowest BCUT2D eigenvalue weighted by Crippen LogP contribution is -2.46. The number of ether oxygens (including phenoxy) is 2. The minimum absolute atomic E-state index is 0.0149. The smallest absolute Gasteiger partial charge is 0.332 e. The van der Waals surface area contributed by atoms with Gasteiger partial charge in [0.1, 0.15) is 10.6 Å². The molecular formula is C22H23BrN2O5S. The third kappa shape index (κ3) is 3.74. The summed E-state index contributed by atoms with van der Waals surface area (Å²) in [5.41, 5.74) is 0.254. The van der Waals surface area contributed by atoms with Crippen LogP contribution in [0.5, 0.6) is 5.75 Å². The molecule has 2 heterocycles. The fraction of sp³-hybridized carbons (Fsp3) is 0.409. The molecule has 1 fully saturated rings. The lowest BCUT2D eigenvalue weighted by Gasteiger charge is -2.19. The van der Waals surface area contributed by atoms with Crippen molar-refractivity contribution < 1.29 is 14.3 Å². The number of thiophene rings is 1. The summed E-state index contributed by atoms with van der Waals surface area (Å²) < 4.78 is 14.0. The van der Waals surface area contributed by atoms with Crippen LogP contribution in [0.1, 0.15) is 30.4 Å². The summed E-state index contributed by atoms with van der Waals surface area (Å²) in [5.74, 6) is 0.334. The number of hydrogen-bond acceptors (Lipinski definition) is 6. The fourth-order valence-corrected chi connectivity index (χ4v) is 5.75. The molecule has 3 aromatic rings. The number of carbonyl (C=O) groups is 1. The zero-order valence-corrected chi connectivity index (χ0v) is 20.0. The number of benzene rings is 1. The second kappa shape index (κ2) is 8.27. The number of fused-ring (bicyclic) bond motifs is 1. The number of aromatic nitrogens is 2. The van der Waals surface area contributed by atoms with Crippen LogP contribution in [-0.2, 0) is 28.0 Å². The van der Waals surface area contributed by atoms with Gasteiger partial charge in [-0.25, -0.2) is 4.79 Å². The molecule has 0 bridgehead atoms. The molecule has 1 aliphatic rings. The molecule has 2 aromatic heterocycles. The molecule has 0 spiro atoms. The number of nitrogens with zero attached hydrogens (tertiary/aromatic N) is 2. The Morgan fingerprint density at radius 1 is 1.23 bits per heavy atom. The van der Waals surface area contributed by atoms with Crippen LogP contribution >= 0.6 is 27.3 Å². The van der Waals surface area contributed by atoms with Gasteiger partial charge in [-0.2, -0.15) is 0 Å². The van der Waals surface area contributed by atoms with Crippen molar-refractivity contribution in [3.05, 3.63) is 60.0 Å². The number of halogens is 1. The van der Waals surface area contributed by atoms with Gasteiger partial charge in [0, 0.05) is 6.54 Å². The van der Waals surface area contributed by atoms with Gasteiger partial charge in [-0.3, -0.25) is 18.7 Å². The molecule has 0 atom stereocenters. The van der Waals surface area contributed by atoms with Crippen molar-refractivity contribution in [2.24, 2.45) is 0 Å². The van der Waals surface area contributed by atoms with E-state index < -0.39 is 11.5 Å². The quantitative estimate of drug-likeness (QED) is 0.457. The van der Waals surface area contributed by atoms with Crippen molar-refractivity contribution in [3.63, 3.8) is 0 Å². The van der Waals surface area contributed by atoms with E-state index in [-0.39, 0.29) is 17.7 Å². The molecule has 0 N–H and O–H groups in total. The van der Waals surface area contributed by atoms with Crippen LogP contribution in [0.2, 0.25) is 0 Å². The molecule has 7 nitrogen and oxygen atoms in total. The maximum Gasteiger partial charge on any atom is 0.332 e. The zero-order chi connectivity index (χ0) is 22.3. The average molecular weight is 507 g/mol. The number of carbonyl (C=O) groups excluding carboxylic acids is 1. The van der Waals surface area contributed by atoms with Gasteiger partial charge in [0.25, 0.3) is 5.56 Å². The van der Waals surface area contributed by atoms with Crippen LogP contribution in [0, 0.1) is 6.92 Å². The van der Waals surface area contributed by atoms with Crippen molar-refractivity contribution in [1.82, 2.24) is 9.13 Å². The summed E-state index contributed by atoms with van der Waals surface area (Å²) >= 11 is 4.90. The number of rotatable bonds is 7. The monoisotopic (exact) mass is 506 g/mol. The number of esters is 1. The summed E-state index contributed by atoms with van der Waals surface area (Å²) in [6.07, 6.45) is 1.77. The minimum atomic E-state index is -0.803. The van der Waals surface area contributed by atoms with Crippen LogP contribution in [-0.4, -0.2) is 29.3 Å². The molecule has 31 heavy (non-hydrogen) atoms. The van der Waals surface area contributed by atoms with E-state index in [1.165, 1.54) is 23.0 Å². The maximum atomic E-state index is 13.6. The summed E-state index contributed by atoms with van der Waals surface area (Å²) in [6, 6.07) is 7.68. The Kier molecular flexibility index (Phi) is 5.83. The Morgan fingerprint density at radius 3 is 2.58 bits per heavy atom. The third-order valence-corrected chi connectivity index (χ3v) is 8.14. The normalized spacial score (nSPS) is 14.6. The van der Waals surface area contributed by atoms with Gasteiger partial charge in [0.2, 0.25) is 0 Å². The topological polar surface area (TPSA) is 79.5 Å². The van der Waals surface area contributed by atoms with Crippen molar-refractivity contribution >= 4 is 43.5 Å². The van der Waals surface area contributed by atoms with Gasteiger partial charge in [-0.1, -0.05) is 18.2 Å². The molecule has 0 unspecified atom stereocenters. The average Bonchev–Trinajstić information content (AvgIpc) is 3.45. The van der Waals surface area contributed by atoms with E-state index in [0.717, 1.165) is 20.7 Å². The predicted octanol–water partition coefficient (Wildman–Crippen LogP) is 3.60. The van der Waals surface area contributed by atoms with E-state index in [1.54, 1.807) is 11.7 Å². The van der Waals surface area contributed by atoms with Crippen LogP contribution < -0.4 is 16.0 Å². The van der Waals surface area contributed by atoms with Crippen molar-refractivity contribution in [1.29, 1.82) is 0 Å². The lowest BCUT2D eigenvalue weighted by atomic mass is 10.1. The molecule has 0 saturated heterocycles. The van der Waals surface area contributed by atoms with Gasteiger partial charge >= 0.3 is 11.7 Å². The Hall–Kier alpha value is -2.39. The fourth-order valence-electron chi connectivity index (χ4n) is 4.04. The SMILES string of the molecule is COC(=O)CC1(n2c(=O)c3c(C)c(Br)sc3n(CCc3ccccc3OC)c2=O)CC1. The molecule has 0 amide bonds. The highest BCUT2D eigenvalue weighted by atomic mass is 79.9. The number of methoxy groups -OCH3 is 2. The molecular weight excluding hydrogens is 484 g/mol. The Morgan fingerprint density at radius 2 is 1.94 bits per heavy atom. The molecule has 1 aromatic carbocycles. The highest BCUT2D eigenvalue weighted by Crippen LogP contribution is 2.45. The van der Waals surface area contributed by atoms with Gasteiger partial charge in [-0.15, -0.1) is 11.3 Å². The van der Waals surface area contributed by atoms with Gasteiger partial charge in [-0.05, 0) is 59.3 Å². The second-order valence-electron chi connectivity index (χ2n) is 7.79. The van der Waals surface area contributed by atoms with E-state index in [0.29, 0.717) is 36.0 Å². The lowest BCUT2D eigenvalue weighted by molar-refractivity contribution is -0.141. The van der Waals surface area contributed by atoms with E-state index in [1.807, 2.05) is 31.2 Å². The van der Waals surface area contributed by atoms with Crippen molar-refractivity contribution in [2.75, 3.05) is 14.2 Å².